The third-order valence-electron chi connectivity index (χ3n) is 2.96. The summed E-state index contributed by atoms with van der Waals surface area (Å²) < 4.78 is 26.2. The van der Waals surface area contributed by atoms with Crippen LogP contribution >= 0.6 is 15.9 Å². The Labute approximate surface area is 108 Å². The highest BCUT2D eigenvalue weighted by Crippen LogP contribution is 2.30. The van der Waals surface area contributed by atoms with Gasteiger partial charge in [-0.1, -0.05) is 43.6 Å². The summed E-state index contributed by atoms with van der Waals surface area (Å²) in [5, 5.41) is 0.734. The molecule has 0 amide bonds. The molecule has 5 heteroatoms. The first-order valence-corrected chi connectivity index (χ1v) is 8.46. The van der Waals surface area contributed by atoms with Crippen LogP contribution in [0.1, 0.15) is 34.1 Å². The molecule has 2 unspecified atom stereocenters. The van der Waals surface area contributed by atoms with Gasteiger partial charge in [0.1, 0.15) is 0 Å². The first kappa shape index (κ1) is 14.5. The number of nitrogens with zero attached hydrogens (tertiary/aromatic N) is 1. The van der Waals surface area contributed by atoms with Gasteiger partial charge in [-0.2, -0.15) is 4.31 Å². The fraction of sp³-hybridized carbons (Fsp3) is 1.00. The van der Waals surface area contributed by atoms with Crippen LogP contribution < -0.4 is 0 Å². The lowest BCUT2D eigenvalue weighted by molar-refractivity contribution is 0.364. The SMILES string of the molecule is CC1CCN(S(=O)(=O)CC(C)(C)C)C1CBr. The second-order valence-corrected chi connectivity index (χ2v) is 8.48. The summed E-state index contributed by atoms with van der Waals surface area (Å²) in [5.74, 6) is 0.685. The van der Waals surface area contributed by atoms with Gasteiger partial charge in [-0.3, -0.25) is 0 Å². The fourth-order valence-corrected chi connectivity index (χ4v) is 5.70. The van der Waals surface area contributed by atoms with Crippen LogP contribution in [-0.4, -0.2) is 36.4 Å². The molecule has 0 spiro atoms. The summed E-state index contributed by atoms with van der Waals surface area (Å²) >= 11 is 3.42. The summed E-state index contributed by atoms with van der Waals surface area (Å²) in [5.41, 5.74) is -0.179. The lowest BCUT2D eigenvalue weighted by atomic mass is 10.0. The van der Waals surface area contributed by atoms with Gasteiger partial charge in [0, 0.05) is 17.9 Å². The Kier molecular flexibility index (Phi) is 4.46. The van der Waals surface area contributed by atoms with Crippen molar-refractivity contribution in [1.82, 2.24) is 4.31 Å². The molecule has 0 aromatic heterocycles. The van der Waals surface area contributed by atoms with Crippen molar-refractivity contribution in [2.45, 2.75) is 40.2 Å². The van der Waals surface area contributed by atoms with Gasteiger partial charge < -0.3 is 0 Å². The monoisotopic (exact) mass is 311 g/mol. The van der Waals surface area contributed by atoms with E-state index < -0.39 is 10.0 Å². The molecule has 0 aliphatic carbocycles. The van der Waals surface area contributed by atoms with Crippen molar-refractivity contribution in [3.63, 3.8) is 0 Å². The minimum absolute atomic E-state index is 0.132. The van der Waals surface area contributed by atoms with E-state index in [2.05, 4.69) is 22.9 Å². The second-order valence-electron chi connectivity index (χ2n) is 5.92. The zero-order chi connectivity index (χ0) is 12.6. The third-order valence-corrected chi connectivity index (χ3v) is 6.02. The van der Waals surface area contributed by atoms with Gasteiger partial charge in [0.05, 0.1) is 5.75 Å². The summed E-state index contributed by atoms with van der Waals surface area (Å²) in [4.78, 5) is 0. The van der Waals surface area contributed by atoms with Gasteiger partial charge in [0.2, 0.25) is 10.0 Å². The predicted octanol–water partition coefficient (Wildman–Crippen LogP) is 2.47. The number of hydrogen-bond acceptors (Lipinski definition) is 2. The van der Waals surface area contributed by atoms with Crippen LogP contribution in [0.2, 0.25) is 0 Å². The van der Waals surface area contributed by atoms with Gasteiger partial charge in [0.25, 0.3) is 0 Å². The maximum absolute atomic E-state index is 12.3. The van der Waals surface area contributed by atoms with E-state index in [0.29, 0.717) is 12.5 Å². The molecule has 0 radical (unpaired) electrons. The molecule has 96 valence electrons. The Hall–Kier alpha value is 0.390. The molecule has 1 fully saturated rings. The van der Waals surface area contributed by atoms with E-state index in [1.165, 1.54) is 0 Å². The van der Waals surface area contributed by atoms with Crippen molar-refractivity contribution in [3.8, 4) is 0 Å². The smallest absolute Gasteiger partial charge is 0.212 e. The topological polar surface area (TPSA) is 37.4 Å². The second kappa shape index (κ2) is 4.94. The van der Waals surface area contributed by atoms with Gasteiger partial charge in [0.15, 0.2) is 0 Å². The molecule has 0 aromatic rings. The van der Waals surface area contributed by atoms with Crippen molar-refractivity contribution in [2.75, 3.05) is 17.6 Å². The number of rotatable bonds is 3. The number of hydrogen-bond donors (Lipinski definition) is 0. The molecule has 2 atom stereocenters. The van der Waals surface area contributed by atoms with E-state index in [1.807, 2.05) is 20.8 Å². The van der Waals surface area contributed by atoms with Crippen molar-refractivity contribution >= 4 is 26.0 Å². The van der Waals surface area contributed by atoms with Gasteiger partial charge in [-0.05, 0) is 17.8 Å². The lowest BCUT2D eigenvalue weighted by Gasteiger charge is -2.28. The van der Waals surface area contributed by atoms with E-state index in [9.17, 15) is 8.42 Å². The van der Waals surface area contributed by atoms with Crippen molar-refractivity contribution < 1.29 is 8.42 Å². The zero-order valence-electron chi connectivity index (χ0n) is 10.5. The van der Waals surface area contributed by atoms with Gasteiger partial charge >= 0.3 is 0 Å². The van der Waals surface area contributed by atoms with E-state index in [0.717, 1.165) is 11.8 Å². The van der Waals surface area contributed by atoms with Crippen LogP contribution in [0.4, 0.5) is 0 Å². The van der Waals surface area contributed by atoms with Crippen LogP contribution in [0.3, 0.4) is 0 Å². The summed E-state index contributed by atoms with van der Waals surface area (Å²) in [6.45, 7) is 8.70. The largest absolute Gasteiger partial charge is 0.214 e. The van der Waals surface area contributed by atoms with Gasteiger partial charge in [-0.25, -0.2) is 8.42 Å². The average molecular weight is 312 g/mol. The van der Waals surface area contributed by atoms with Crippen molar-refractivity contribution in [3.05, 3.63) is 0 Å². The molecular weight excluding hydrogens is 290 g/mol. The van der Waals surface area contributed by atoms with Crippen LogP contribution in [0.5, 0.6) is 0 Å². The van der Waals surface area contributed by atoms with Crippen LogP contribution in [0.15, 0.2) is 0 Å². The van der Waals surface area contributed by atoms with E-state index >= 15 is 0 Å². The molecular formula is C11H22BrNO2S. The first-order valence-electron chi connectivity index (χ1n) is 5.73. The maximum atomic E-state index is 12.3. The Morgan fingerprint density at radius 2 is 1.94 bits per heavy atom. The Morgan fingerprint density at radius 3 is 2.38 bits per heavy atom. The molecule has 0 aromatic carbocycles. The van der Waals surface area contributed by atoms with Crippen LogP contribution in [0, 0.1) is 11.3 Å². The molecule has 1 aliphatic heterocycles. The summed E-state index contributed by atoms with van der Waals surface area (Å²) in [6.07, 6.45) is 0.972. The standard InChI is InChI=1S/C11H22BrNO2S/c1-9-5-6-13(10(9)7-12)16(14,15)8-11(2,3)4/h9-10H,5-8H2,1-4H3. The third kappa shape index (κ3) is 3.44. The molecule has 1 heterocycles. The van der Waals surface area contributed by atoms with Crippen molar-refractivity contribution in [1.29, 1.82) is 0 Å². The van der Waals surface area contributed by atoms with Crippen LogP contribution in [-0.2, 0) is 10.0 Å². The highest BCUT2D eigenvalue weighted by Gasteiger charge is 2.39. The van der Waals surface area contributed by atoms with Gasteiger partial charge in [-0.15, -0.1) is 0 Å². The minimum Gasteiger partial charge on any atom is -0.212 e. The van der Waals surface area contributed by atoms with Crippen molar-refractivity contribution in [2.24, 2.45) is 11.3 Å². The number of alkyl halides is 1. The molecule has 16 heavy (non-hydrogen) atoms. The fourth-order valence-electron chi connectivity index (χ4n) is 2.18. The van der Waals surface area contributed by atoms with Crippen LogP contribution in [0.25, 0.3) is 0 Å². The quantitative estimate of drug-likeness (QED) is 0.751. The molecule has 1 saturated heterocycles. The predicted molar refractivity (Wildman–Crippen MR) is 71.3 cm³/mol. The first-order chi connectivity index (χ1) is 7.17. The molecule has 1 rings (SSSR count). The number of sulfonamides is 1. The lowest BCUT2D eigenvalue weighted by Crippen LogP contribution is -2.42. The number of halogens is 1. The Bertz CT molecular complexity index is 334. The highest BCUT2D eigenvalue weighted by molar-refractivity contribution is 9.09. The summed E-state index contributed by atoms with van der Waals surface area (Å²) in [6, 6.07) is 0.132. The minimum atomic E-state index is -3.11. The highest BCUT2D eigenvalue weighted by atomic mass is 79.9. The molecule has 0 N–H and O–H groups in total. The molecule has 0 saturated carbocycles. The normalized spacial score (nSPS) is 28.6. The molecule has 3 nitrogen and oxygen atoms in total. The average Bonchev–Trinajstić information content (AvgIpc) is 2.42. The zero-order valence-corrected chi connectivity index (χ0v) is 12.9. The molecule has 0 bridgehead atoms. The molecule has 1 aliphatic rings. The van der Waals surface area contributed by atoms with E-state index in [4.69, 9.17) is 0 Å². The summed E-state index contributed by atoms with van der Waals surface area (Å²) in [7, 11) is -3.11. The Balaban J connectivity index is 2.84. The maximum Gasteiger partial charge on any atom is 0.214 e. The Morgan fingerprint density at radius 1 is 1.38 bits per heavy atom. The van der Waals surface area contributed by atoms with E-state index in [-0.39, 0.29) is 17.2 Å². The van der Waals surface area contributed by atoms with E-state index in [1.54, 1.807) is 4.31 Å².